The van der Waals surface area contributed by atoms with Crippen LogP contribution in [-0.2, 0) is 6.54 Å². The maximum atomic E-state index is 6.04. The van der Waals surface area contributed by atoms with Crippen molar-refractivity contribution < 1.29 is 0 Å². The molecule has 0 atom stereocenters. The number of hydrogen-bond donors (Lipinski definition) is 1. The summed E-state index contributed by atoms with van der Waals surface area (Å²) in [5.41, 5.74) is 7.86. The molecule has 3 rings (SSSR count). The highest BCUT2D eigenvalue weighted by Gasteiger charge is 2.12. The van der Waals surface area contributed by atoms with E-state index in [4.69, 9.17) is 5.73 Å². The van der Waals surface area contributed by atoms with Crippen molar-refractivity contribution >= 4 is 23.4 Å². The minimum absolute atomic E-state index is 0.524. The van der Waals surface area contributed by atoms with Crippen LogP contribution in [0.4, 0.5) is 0 Å². The van der Waals surface area contributed by atoms with Crippen molar-refractivity contribution in [1.82, 2.24) is 19.5 Å². The SMILES string of the molecule is NC(=NCc1ccnc2ccnn12)N1CCSCC1. The van der Waals surface area contributed by atoms with Crippen molar-refractivity contribution in [1.29, 1.82) is 0 Å². The van der Waals surface area contributed by atoms with Crippen LogP contribution < -0.4 is 5.73 Å². The van der Waals surface area contributed by atoms with Gasteiger partial charge in [-0.25, -0.2) is 14.5 Å². The monoisotopic (exact) mass is 276 g/mol. The highest BCUT2D eigenvalue weighted by molar-refractivity contribution is 7.99. The molecule has 3 heterocycles. The van der Waals surface area contributed by atoms with Crippen molar-refractivity contribution in [2.75, 3.05) is 24.6 Å². The minimum Gasteiger partial charge on any atom is -0.370 e. The summed E-state index contributed by atoms with van der Waals surface area (Å²) >= 11 is 1.96. The van der Waals surface area contributed by atoms with E-state index >= 15 is 0 Å². The molecule has 0 aliphatic carbocycles. The summed E-state index contributed by atoms with van der Waals surface area (Å²) in [6.07, 6.45) is 3.51. The number of thioether (sulfide) groups is 1. The van der Waals surface area contributed by atoms with Gasteiger partial charge in [-0.2, -0.15) is 16.9 Å². The lowest BCUT2D eigenvalue weighted by molar-refractivity contribution is 0.455. The molecule has 0 radical (unpaired) electrons. The van der Waals surface area contributed by atoms with Gasteiger partial charge in [-0.1, -0.05) is 0 Å². The standard InChI is InChI=1S/C12H16N6S/c13-12(17-5-7-19-8-6-17)15-9-10-1-3-14-11-2-4-16-18(10)11/h1-4H,5-9H2,(H2,13,15). The number of rotatable bonds is 2. The molecule has 0 bridgehead atoms. The third kappa shape index (κ3) is 2.65. The zero-order chi connectivity index (χ0) is 13.1. The van der Waals surface area contributed by atoms with Gasteiger partial charge < -0.3 is 10.6 Å². The Bertz CT molecular complexity index is 587. The van der Waals surface area contributed by atoms with E-state index in [0.717, 1.165) is 35.9 Å². The largest absolute Gasteiger partial charge is 0.370 e. The second-order valence-electron chi connectivity index (χ2n) is 4.31. The molecular weight excluding hydrogens is 260 g/mol. The van der Waals surface area contributed by atoms with Crippen LogP contribution in [0, 0.1) is 0 Å². The molecule has 1 fully saturated rings. The fourth-order valence-corrected chi connectivity index (χ4v) is 2.96. The van der Waals surface area contributed by atoms with Crippen LogP contribution in [-0.4, -0.2) is 50.1 Å². The van der Waals surface area contributed by atoms with Crippen LogP contribution >= 0.6 is 11.8 Å². The predicted octanol–water partition coefficient (Wildman–Crippen LogP) is 0.593. The normalized spacial score (nSPS) is 17.1. The molecule has 1 saturated heterocycles. The van der Waals surface area contributed by atoms with Crippen LogP contribution in [0.2, 0.25) is 0 Å². The lowest BCUT2D eigenvalue weighted by Gasteiger charge is -2.27. The Labute approximate surface area is 115 Å². The number of hydrogen-bond acceptors (Lipinski definition) is 4. The lowest BCUT2D eigenvalue weighted by atomic mass is 10.4. The van der Waals surface area contributed by atoms with Gasteiger partial charge in [-0.05, 0) is 6.07 Å². The highest BCUT2D eigenvalue weighted by atomic mass is 32.2. The van der Waals surface area contributed by atoms with E-state index in [0.29, 0.717) is 12.5 Å². The first-order chi connectivity index (χ1) is 9.34. The summed E-state index contributed by atoms with van der Waals surface area (Å²) in [6, 6.07) is 3.79. The molecule has 0 unspecified atom stereocenters. The van der Waals surface area contributed by atoms with E-state index in [-0.39, 0.29) is 0 Å². The molecule has 19 heavy (non-hydrogen) atoms. The van der Waals surface area contributed by atoms with Gasteiger partial charge in [-0.3, -0.25) is 0 Å². The summed E-state index contributed by atoms with van der Waals surface area (Å²) in [7, 11) is 0. The summed E-state index contributed by atoms with van der Waals surface area (Å²) in [5.74, 6) is 2.86. The second-order valence-corrected chi connectivity index (χ2v) is 5.54. The predicted molar refractivity (Wildman–Crippen MR) is 77.2 cm³/mol. The summed E-state index contributed by atoms with van der Waals surface area (Å²) in [4.78, 5) is 10.8. The first-order valence-corrected chi connectivity index (χ1v) is 7.40. The van der Waals surface area contributed by atoms with E-state index in [9.17, 15) is 0 Å². The molecule has 2 N–H and O–H groups in total. The van der Waals surface area contributed by atoms with Gasteiger partial charge in [0, 0.05) is 36.9 Å². The average Bonchev–Trinajstić information content (AvgIpc) is 2.94. The third-order valence-electron chi connectivity index (χ3n) is 3.11. The smallest absolute Gasteiger partial charge is 0.191 e. The number of guanidine groups is 1. The Kier molecular flexibility index (Phi) is 3.54. The van der Waals surface area contributed by atoms with Gasteiger partial charge in [0.05, 0.1) is 18.4 Å². The van der Waals surface area contributed by atoms with E-state index < -0.39 is 0 Å². The molecular formula is C12H16N6S. The number of nitrogens with zero attached hydrogens (tertiary/aromatic N) is 5. The fraction of sp³-hybridized carbons (Fsp3) is 0.417. The molecule has 1 aliphatic rings. The Hall–Kier alpha value is -1.76. The molecule has 100 valence electrons. The van der Waals surface area contributed by atoms with Gasteiger partial charge in [-0.15, -0.1) is 0 Å². The van der Waals surface area contributed by atoms with Crippen LogP contribution in [0.3, 0.4) is 0 Å². The minimum atomic E-state index is 0.524. The second kappa shape index (κ2) is 5.48. The zero-order valence-corrected chi connectivity index (χ0v) is 11.4. The lowest BCUT2D eigenvalue weighted by Crippen LogP contribution is -2.42. The van der Waals surface area contributed by atoms with E-state index in [1.165, 1.54) is 0 Å². The molecule has 0 amide bonds. The van der Waals surface area contributed by atoms with Gasteiger partial charge >= 0.3 is 0 Å². The first kappa shape index (κ1) is 12.3. The van der Waals surface area contributed by atoms with Gasteiger partial charge in [0.25, 0.3) is 0 Å². The maximum Gasteiger partial charge on any atom is 0.191 e. The summed E-state index contributed by atoms with van der Waals surface area (Å²) in [6.45, 7) is 2.48. The number of fused-ring (bicyclic) bond motifs is 1. The van der Waals surface area contributed by atoms with Crippen molar-refractivity contribution in [2.24, 2.45) is 10.7 Å². The third-order valence-corrected chi connectivity index (χ3v) is 4.05. The van der Waals surface area contributed by atoms with Gasteiger partial charge in [0.1, 0.15) is 0 Å². The van der Waals surface area contributed by atoms with Crippen molar-refractivity contribution in [3.63, 3.8) is 0 Å². The van der Waals surface area contributed by atoms with Crippen LogP contribution in [0.15, 0.2) is 29.5 Å². The molecule has 6 nitrogen and oxygen atoms in total. The van der Waals surface area contributed by atoms with Crippen molar-refractivity contribution in [3.05, 3.63) is 30.2 Å². The average molecular weight is 276 g/mol. The van der Waals surface area contributed by atoms with Gasteiger partial charge in [0.2, 0.25) is 0 Å². The van der Waals surface area contributed by atoms with E-state index in [1.807, 2.05) is 23.9 Å². The Morgan fingerprint density at radius 2 is 2.16 bits per heavy atom. The van der Waals surface area contributed by atoms with Crippen molar-refractivity contribution in [3.8, 4) is 0 Å². The summed E-state index contributed by atoms with van der Waals surface area (Å²) < 4.78 is 1.79. The molecule has 1 aliphatic heterocycles. The van der Waals surface area contributed by atoms with Crippen LogP contribution in [0.5, 0.6) is 0 Å². The van der Waals surface area contributed by atoms with E-state index in [1.54, 1.807) is 16.9 Å². The van der Waals surface area contributed by atoms with Crippen LogP contribution in [0.1, 0.15) is 5.69 Å². The number of aromatic nitrogens is 3. The zero-order valence-electron chi connectivity index (χ0n) is 10.6. The topological polar surface area (TPSA) is 71.8 Å². The van der Waals surface area contributed by atoms with E-state index in [2.05, 4.69) is 20.0 Å². The Balaban J connectivity index is 1.75. The number of nitrogens with two attached hydrogens (primary N) is 1. The Morgan fingerprint density at radius 1 is 1.32 bits per heavy atom. The fourth-order valence-electron chi connectivity index (χ4n) is 2.06. The molecule has 0 aromatic carbocycles. The van der Waals surface area contributed by atoms with Crippen molar-refractivity contribution in [2.45, 2.75) is 6.54 Å². The number of aliphatic imine (C=N–C) groups is 1. The molecule has 2 aromatic heterocycles. The van der Waals surface area contributed by atoms with Crippen LogP contribution in [0.25, 0.3) is 5.65 Å². The summed E-state index contributed by atoms with van der Waals surface area (Å²) in [5, 5.41) is 4.24. The molecule has 0 spiro atoms. The first-order valence-electron chi connectivity index (χ1n) is 6.25. The maximum absolute atomic E-state index is 6.04. The molecule has 7 heteroatoms. The highest BCUT2D eigenvalue weighted by Crippen LogP contribution is 2.09. The van der Waals surface area contributed by atoms with Gasteiger partial charge in [0.15, 0.2) is 11.6 Å². The molecule has 0 saturated carbocycles. The Morgan fingerprint density at radius 3 is 3.00 bits per heavy atom. The molecule has 2 aromatic rings. The quantitative estimate of drug-likeness (QED) is 0.642.